The third kappa shape index (κ3) is 4.20. The highest BCUT2D eigenvalue weighted by molar-refractivity contribution is 5.93. The van der Waals surface area contributed by atoms with E-state index in [4.69, 9.17) is 0 Å². The molecule has 1 amide bonds. The zero-order valence-corrected chi connectivity index (χ0v) is 16.5. The lowest BCUT2D eigenvalue weighted by Crippen LogP contribution is -2.40. The number of nitrogens with one attached hydrogen (secondary N) is 1. The normalized spacial score (nSPS) is 19.5. The standard InChI is InChI=1S/C23H28FN3O/c1-2-27-12-10-18-8-9-21(14-22(18)27)25-23(28)19-6-4-11-26(16-19)15-17-5-3-7-20(24)13-17/h3,5,7-9,13-14,19H,2,4,6,10-12,15-16H2,1H3,(H,25,28). The van der Waals surface area contributed by atoms with E-state index in [1.807, 2.05) is 12.1 Å². The van der Waals surface area contributed by atoms with Crippen LogP contribution in [-0.2, 0) is 17.8 Å². The molecule has 2 aliphatic rings. The summed E-state index contributed by atoms with van der Waals surface area (Å²) >= 11 is 0. The second-order valence-electron chi connectivity index (χ2n) is 7.87. The molecular formula is C23H28FN3O. The van der Waals surface area contributed by atoms with Gasteiger partial charge in [0, 0.05) is 37.6 Å². The summed E-state index contributed by atoms with van der Waals surface area (Å²) in [7, 11) is 0. The largest absolute Gasteiger partial charge is 0.371 e. The van der Waals surface area contributed by atoms with Crippen LogP contribution in [0, 0.1) is 11.7 Å². The highest BCUT2D eigenvalue weighted by atomic mass is 19.1. The maximum absolute atomic E-state index is 13.4. The maximum atomic E-state index is 13.4. The van der Waals surface area contributed by atoms with Gasteiger partial charge in [0.2, 0.25) is 5.91 Å². The Hall–Kier alpha value is -2.40. The molecule has 0 radical (unpaired) electrons. The van der Waals surface area contributed by atoms with Crippen LogP contribution in [-0.4, -0.2) is 37.0 Å². The van der Waals surface area contributed by atoms with Crippen LogP contribution < -0.4 is 10.2 Å². The van der Waals surface area contributed by atoms with Crippen molar-refractivity contribution in [2.24, 2.45) is 5.92 Å². The molecule has 2 heterocycles. The third-order valence-corrected chi connectivity index (χ3v) is 5.90. The summed E-state index contributed by atoms with van der Waals surface area (Å²) in [6.45, 7) is 6.56. The van der Waals surface area contributed by atoms with Gasteiger partial charge in [0.1, 0.15) is 5.82 Å². The van der Waals surface area contributed by atoms with Crippen molar-refractivity contribution in [3.8, 4) is 0 Å². The molecule has 1 unspecified atom stereocenters. The summed E-state index contributed by atoms with van der Waals surface area (Å²) in [5.74, 6) is -0.149. The molecule has 2 aromatic rings. The second kappa shape index (κ2) is 8.31. The number of hydrogen-bond acceptors (Lipinski definition) is 3. The second-order valence-corrected chi connectivity index (χ2v) is 7.87. The van der Waals surface area contributed by atoms with E-state index in [9.17, 15) is 9.18 Å². The van der Waals surface area contributed by atoms with E-state index in [-0.39, 0.29) is 17.6 Å². The Morgan fingerprint density at radius 1 is 1.21 bits per heavy atom. The Kier molecular flexibility index (Phi) is 5.62. The number of amides is 1. The minimum atomic E-state index is -0.207. The number of anilines is 2. The fourth-order valence-corrected chi connectivity index (χ4v) is 4.40. The highest BCUT2D eigenvalue weighted by Crippen LogP contribution is 2.31. The molecule has 0 spiro atoms. The predicted molar refractivity (Wildman–Crippen MR) is 111 cm³/mol. The van der Waals surface area contributed by atoms with Crippen LogP contribution in [0.1, 0.15) is 30.9 Å². The zero-order valence-electron chi connectivity index (χ0n) is 16.5. The Bertz CT molecular complexity index is 853. The number of benzene rings is 2. The van der Waals surface area contributed by atoms with Gasteiger partial charge in [-0.05, 0) is 68.1 Å². The Balaban J connectivity index is 1.38. The molecule has 0 saturated carbocycles. The maximum Gasteiger partial charge on any atom is 0.228 e. The minimum Gasteiger partial charge on any atom is -0.371 e. The topological polar surface area (TPSA) is 35.6 Å². The van der Waals surface area contributed by atoms with E-state index in [0.29, 0.717) is 13.1 Å². The van der Waals surface area contributed by atoms with Gasteiger partial charge in [0.25, 0.3) is 0 Å². The fraction of sp³-hybridized carbons (Fsp3) is 0.435. The van der Waals surface area contributed by atoms with E-state index in [1.165, 1.54) is 17.3 Å². The van der Waals surface area contributed by atoms with E-state index in [2.05, 4.69) is 34.2 Å². The molecule has 0 bridgehead atoms. The number of carbonyl (C=O) groups excluding carboxylic acids is 1. The summed E-state index contributed by atoms with van der Waals surface area (Å²) in [4.78, 5) is 17.5. The molecule has 2 aliphatic heterocycles. The van der Waals surface area contributed by atoms with Crippen molar-refractivity contribution in [3.63, 3.8) is 0 Å². The van der Waals surface area contributed by atoms with Gasteiger partial charge in [-0.15, -0.1) is 0 Å². The lowest BCUT2D eigenvalue weighted by atomic mass is 9.96. The molecule has 4 nitrogen and oxygen atoms in total. The number of rotatable bonds is 5. The number of nitrogens with zero attached hydrogens (tertiary/aromatic N) is 2. The summed E-state index contributed by atoms with van der Waals surface area (Å²) in [6.07, 6.45) is 2.97. The average molecular weight is 381 g/mol. The molecule has 2 aromatic carbocycles. The number of hydrogen-bond donors (Lipinski definition) is 1. The van der Waals surface area contributed by atoms with Gasteiger partial charge in [-0.2, -0.15) is 0 Å². The number of piperidine rings is 1. The van der Waals surface area contributed by atoms with Crippen molar-refractivity contribution in [2.75, 3.05) is 36.4 Å². The van der Waals surface area contributed by atoms with Crippen LogP contribution in [0.3, 0.4) is 0 Å². The van der Waals surface area contributed by atoms with E-state index in [0.717, 1.165) is 50.1 Å². The summed E-state index contributed by atoms with van der Waals surface area (Å²) in [6, 6.07) is 13.0. The van der Waals surface area contributed by atoms with Crippen LogP contribution in [0.4, 0.5) is 15.8 Å². The van der Waals surface area contributed by atoms with Gasteiger partial charge in [0.15, 0.2) is 0 Å². The van der Waals surface area contributed by atoms with Gasteiger partial charge >= 0.3 is 0 Å². The summed E-state index contributed by atoms with van der Waals surface area (Å²) < 4.78 is 13.4. The van der Waals surface area contributed by atoms with E-state index >= 15 is 0 Å². The molecule has 0 aliphatic carbocycles. The minimum absolute atomic E-state index is 0.0298. The number of halogens is 1. The number of fused-ring (bicyclic) bond motifs is 1. The average Bonchev–Trinajstić information content (AvgIpc) is 3.10. The van der Waals surface area contributed by atoms with Crippen molar-refractivity contribution in [1.82, 2.24) is 4.90 Å². The van der Waals surface area contributed by atoms with Gasteiger partial charge in [0.05, 0.1) is 5.92 Å². The molecule has 1 N–H and O–H groups in total. The van der Waals surface area contributed by atoms with Crippen LogP contribution in [0.15, 0.2) is 42.5 Å². The van der Waals surface area contributed by atoms with Crippen molar-refractivity contribution < 1.29 is 9.18 Å². The van der Waals surface area contributed by atoms with Gasteiger partial charge < -0.3 is 10.2 Å². The fourth-order valence-electron chi connectivity index (χ4n) is 4.40. The molecular weight excluding hydrogens is 353 g/mol. The predicted octanol–water partition coefficient (Wildman–Crippen LogP) is 4.06. The molecule has 28 heavy (non-hydrogen) atoms. The van der Waals surface area contributed by atoms with E-state index in [1.54, 1.807) is 12.1 Å². The molecule has 4 rings (SSSR count). The van der Waals surface area contributed by atoms with Gasteiger partial charge in [-0.1, -0.05) is 18.2 Å². The SMILES string of the molecule is CCN1CCc2ccc(NC(=O)C3CCCN(Cc4cccc(F)c4)C3)cc21. The first kappa shape index (κ1) is 18.9. The van der Waals surface area contributed by atoms with Crippen molar-refractivity contribution in [2.45, 2.75) is 32.7 Å². The zero-order chi connectivity index (χ0) is 19.5. The lowest BCUT2D eigenvalue weighted by Gasteiger charge is -2.32. The first-order chi connectivity index (χ1) is 13.6. The third-order valence-electron chi connectivity index (χ3n) is 5.90. The quantitative estimate of drug-likeness (QED) is 0.848. The monoisotopic (exact) mass is 381 g/mol. The summed E-state index contributed by atoms with van der Waals surface area (Å²) in [5, 5.41) is 3.13. The first-order valence-electron chi connectivity index (χ1n) is 10.3. The van der Waals surface area contributed by atoms with E-state index < -0.39 is 0 Å². The molecule has 1 fully saturated rings. The Labute approximate surface area is 166 Å². The van der Waals surface area contributed by atoms with Crippen molar-refractivity contribution in [1.29, 1.82) is 0 Å². The van der Waals surface area contributed by atoms with Crippen LogP contribution in [0.2, 0.25) is 0 Å². The molecule has 0 aromatic heterocycles. The number of carbonyl (C=O) groups is 1. The Morgan fingerprint density at radius 2 is 2.11 bits per heavy atom. The van der Waals surface area contributed by atoms with Crippen LogP contribution >= 0.6 is 0 Å². The number of likely N-dealkylation sites (N-methyl/N-ethyl adjacent to an activating group) is 1. The Morgan fingerprint density at radius 3 is 2.93 bits per heavy atom. The highest BCUT2D eigenvalue weighted by Gasteiger charge is 2.26. The van der Waals surface area contributed by atoms with Crippen LogP contribution in [0.25, 0.3) is 0 Å². The first-order valence-corrected chi connectivity index (χ1v) is 10.3. The molecule has 148 valence electrons. The molecule has 1 saturated heterocycles. The van der Waals surface area contributed by atoms with Crippen LogP contribution in [0.5, 0.6) is 0 Å². The lowest BCUT2D eigenvalue weighted by molar-refractivity contribution is -0.121. The smallest absolute Gasteiger partial charge is 0.228 e. The summed E-state index contributed by atoms with van der Waals surface area (Å²) in [5.41, 5.74) is 4.45. The molecule has 5 heteroatoms. The molecule has 1 atom stereocenters. The van der Waals surface area contributed by atoms with Crippen molar-refractivity contribution in [3.05, 3.63) is 59.4 Å². The van der Waals surface area contributed by atoms with Gasteiger partial charge in [-0.25, -0.2) is 4.39 Å². The van der Waals surface area contributed by atoms with Crippen molar-refractivity contribution >= 4 is 17.3 Å². The number of likely N-dealkylation sites (tertiary alicyclic amines) is 1. The van der Waals surface area contributed by atoms with Gasteiger partial charge in [-0.3, -0.25) is 9.69 Å².